The Bertz CT molecular complexity index is 1060. The highest BCUT2D eigenvalue weighted by Crippen LogP contribution is 2.30. The molecule has 0 radical (unpaired) electrons. The lowest BCUT2D eigenvalue weighted by Crippen LogP contribution is -2.39. The maximum Gasteiger partial charge on any atom is 0.513 e. The second-order valence-electron chi connectivity index (χ2n) is 13.0. The number of rotatable bonds is 13. The van der Waals surface area contributed by atoms with Crippen LogP contribution in [0, 0.1) is 16.7 Å². The number of hydrogen-bond donors (Lipinski definition) is 1. The molecule has 1 unspecified atom stereocenters. The van der Waals surface area contributed by atoms with Crippen LogP contribution in [-0.2, 0) is 35.0 Å². The Hall–Kier alpha value is -3.34. The maximum absolute atomic E-state index is 12.7. The molecule has 11 heteroatoms. The Morgan fingerprint density at radius 3 is 1.79 bits per heavy atom. The molecule has 42 heavy (non-hydrogen) atoms. The van der Waals surface area contributed by atoms with Crippen molar-refractivity contribution in [1.82, 2.24) is 0 Å². The molecule has 0 heterocycles. The minimum Gasteiger partial charge on any atom is -0.459 e. The summed E-state index contributed by atoms with van der Waals surface area (Å²) in [5.41, 5.74) is 6.02. The van der Waals surface area contributed by atoms with Gasteiger partial charge >= 0.3 is 24.2 Å². The smallest absolute Gasteiger partial charge is 0.459 e. The lowest BCUT2D eigenvalue weighted by Gasteiger charge is -2.23. The van der Waals surface area contributed by atoms with Gasteiger partial charge in [0.15, 0.2) is 11.5 Å². The fourth-order valence-corrected chi connectivity index (χ4v) is 3.12. The second-order valence-corrected chi connectivity index (χ2v) is 13.0. The van der Waals surface area contributed by atoms with Crippen LogP contribution < -0.4 is 15.2 Å². The van der Waals surface area contributed by atoms with E-state index >= 15 is 0 Å². The van der Waals surface area contributed by atoms with Gasteiger partial charge in [0.1, 0.15) is 18.2 Å². The molecule has 0 fully saturated rings. The van der Waals surface area contributed by atoms with Crippen molar-refractivity contribution in [3.05, 3.63) is 23.8 Å². The molecule has 0 aliphatic carbocycles. The van der Waals surface area contributed by atoms with E-state index in [0.717, 1.165) is 6.42 Å². The van der Waals surface area contributed by atoms with Gasteiger partial charge in [-0.2, -0.15) is 0 Å². The molecule has 0 saturated heterocycles. The van der Waals surface area contributed by atoms with E-state index in [1.807, 2.05) is 55.4 Å². The monoisotopic (exact) mass is 595 g/mol. The average molecular weight is 596 g/mol. The lowest BCUT2D eigenvalue weighted by molar-refractivity contribution is -0.166. The van der Waals surface area contributed by atoms with Crippen LogP contribution in [0.25, 0.3) is 0 Å². The van der Waals surface area contributed by atoms with Gasteiger partial charge in [0, 0.05) is 6.42 Å². The van der Waals surface area contributed by atoms with Crippen LogP contribution >= 0.6 is 0 Å². The number of carbonyl (C=O) groups excluding carboxylic acids is 4. The van der Waals surface area contributed by atoms with Gasteiger partial charge in [0.05, 0.1) is 13.2 Å². The second kappa shape index (κ2) is 16.3. The molecule has 0 aliphatic rings. The van der Waals surface area contributed by atoms with E-state index in [0.29, 0.717) is 5.56 Å². The van der Waals surface area contributed by atoms with Gasteiger partial charge in [-0.1, -0.05) is 67.9 Å². The first-order chi connectivity index (χ1) is 19.3. The first kappa shape index (κ1) is 36.7. The molecule has 0 bridgehead atoms. The maximum atomic E-state index is 12.7. The summed E-state index contributed by atoms with van der Waals surface area (Å²) in [5.74, 6) is -1.07. The highest BCUT2D eigenvalue weighted by molar-refractivity contribution is 5.76. The molecule has 1 rings (SSSR count). The number of hydrogen-bond acceptors (Lipinski definition) is 11. The van der Waals surface area contributed by atoms with Crippen LogP contribution in [-0.4, -0.2) is 55.7 Å². The topological polar surface area (TPSA) is 150 Å². The third-order valence-corrected chi connectivity index (χ3v) is 5.89. The normalized spacial score (nSPS) is 14.5. The van der Waals surface area contributed by atoms with Crippen LogP contribution in [0.2, 0.25) is 0 Å². The molecule has 1 aromatic carbocycles. The minimum atomic E-state index is -1.08. The summed E-state index contributed by atoms with van der Waals surface area (Å²) >= 11 is 0. The fraction of sp³-hybridized carbons (Fsp3) is 0.677. The summed E-state index contributed by atoms with van der Waals surface area (Å²) in [7, 11) is 0. The van der Waals surface area contributed by atoms with Crippen molar-refractivity contribution in [2.45, 2.75) is 107 Å². The Kier molecular flexibility index (Phi) is 14.3. The van der Waals surface area contributed by atoms with Gasteiger partial charge in [-0.05, 0) is 54.7 Å². The van der Waals surface area contributed by atoms with Crippen molar-refractivity contribution in [2.75, 3.05) is 13.2 Å². The van der Waals surface area contributed by atoms with Crippen LogP contribution in [0.3, 0.4) is 0 Å². The lowest BCUT2D eigenvalue weighted by atomic mass is 9.99. The van der Waals surface area contributed by atoms with Crippen molar-refractivity contribution in [3.8, 4) is 11.5 Å². The minimum absolute atomic E-state index is 0.00981. The van der Waals surface area contributed by atoms with Crippen LogP contribution in [0.4, 0.5) is 9.59 Å². The summed E-state index contributed by atoms with van der Waals surface area (Å²) in [5, 5.41) is 0. The van der Waals surface area contributed by atoms with Crippen LogP contribution in [0.5, 0.6) is 11.5 Å². The Labute approximate surface area is 249 Å². The molecular formula is C31H49NO10. The van der Waals surface area contributed by atoms with E-state index in [1.54, 1.807) is 19.9 Å². The molecule has 1 aromatic rings. The first-order valence-electron chi connectivity index (χ1n) is 14.3. The summed E-state index contributed by atoms with van der Waals surface area (Å²) in [6, 6.07) is 3.30. The van der Waals surface area contributed by atoms with E-state index in [-0.39, 0.29) is 60.3 Å². The summed E-state index contributed by atoms with van der Waals surface area (Å²) in [6.07, 6.45) is -2.22. The highest BCUT2D eigenvalue weighted by Gasteiger charge is 2.26. The largest absolute Gasteiger partial charge is 0.513 e. The van der Waals surface area contributed by atoms with Gasteiger partial charge in [-0.25, -0.2) is 9.59 Å². The molecule has 0 aromatic heterocycles. The molecule has 11 nitrogen and oxygen atoms in total. The number of nitrogens with two attached hydrogens (primary N) is 1. The van der Waals surface area contributed by atoms with Crippen molar-refractivity contribution in [2.24, 2.45) is 22.5 Å². The molecular weight excluding hydrogens is 546 g/mol. The van der Waals surface area contributed by atoms with E-state index in [2.05, 4.69) is 0 Å². The van der Waals surface area contributed by atoms with Gasteiger partial charge in [-0.3, -0.25) is 9.59 Å². The Balaban J connectivity index is 2.95. The van der Waals surface area contributed by atoms with E-state index in [9.17, 15) is 19.2 Å². The summed E-state index contributed by atoms with van der Waals surface area (Å²) in [4.78, 5) is 49.4. The van der Waals surface area contributed by atoms with Crippen molar-refractivity contribution in [3.63, 3.8) is 0 Å². The molecule has 0 saturated carbocycles. The SMILES string of the molecule is CCC(C)CC(=O)O[C@@H](C)[C@H](C)OC(=O)[C@@H](N)Cc1ccc(OC(=O)OCC(C)(C)C)c(OC(=O)OCC(C)(C)C)c1. The fourth-order valence-electron chi connectivity index (χ4n) is 3.12. The van der Waals surface area contributed by atoms with Gasteiger partial charge < -0.3 is 34.2 Å². The van der Waals surface area contributed by atoms with E-state index in [4.69, 9.17) is 34.2 Å². The average Bonchev–Trinajstić information content (AvgIpc) is 2.86. The summed E-state index contributed by atoms with van der Waals surface area (Å²) in [6.45, 7) is 18.8. The summed E-state index contributed by atoms with van der Waals surface area (Å²) < 4.78 is 31.8. The predicted molar refractivity (Wildman–Crippen MR) is 156 cm³/mol. The molecule has 238 valence electrons. The molecule has 0 spiro atoms. The third kappa shape index (κ3) is 15.0. The quantitative estimate of drug-likeness (QED) is 0.163. The number of benzene rings is 1. The number of carbonyl (C=O) groups is 4. The zero-order valence-electron chi connectivity index (χ0n) is 26.7. The standard InChI is InChI=1S/C31H49NO10/c1-11-19(2)14-26(33)39-20(3)21(4)40-27(34)23(32)15-22-12-13-24(41-28(35)37-17-30(5,6)7)25(16-22)42-29(36)38-18-31(8,9)10/h12-13,16,19-21,23H,11,14-15,17-18,32H2,1-10H3/t19?,20-,21-,23-/m0/s1. The zero-order chi connectivity index (χ0) is 32.3. The molecule has 0 aliphatic heterocycles. The van der Waals surface area contributed by atoms with Crippen molar-refractivity contribution in [1.29, 1.82) is 0 Å². The molecule has 0 amide bonds. The van der Waals surface area contributed by atoms with E-state index < -0.39 is 36.5 Å². The van der Waals surface area contributed by atoms with Gasteiger partial charge in [0.25, 0.3) is 0 Å². The van der Waals surface area contributed by atoms with E-state index in [1.165, 1.54) is 12.1 Å². The van der Waals surface area contributed by atoms with Gasteiger partial charge in [-0.15, -0.1) is 0 Å². The third-order valence-electron chi connectivity index (χ3n) is 5.89. The highest BCUT2D eigenvalue weighted by atomic mass is 16.7. The van der Waals surface area contributed by atoms with Crippen molar-refractivity contribution >= 4 is 24.2 Å². The first-order valence-corrected chi connectivity index (χ1v) is 14.3. The number of ether oxygens (including phenoxy) is 6. The van der Waals surface area contributed by atoms with Gasteiger partial charge in [0.2, 0.25) is 0 Å². The Morgan fingerprint density at radius 1 is 0.786 bits per heavy atom. The molecule has 4 atom stereocenters. The van der Waals surface area contributed by atoms with Crippen LogP contribution in [0.15, 0.2) is 18.2 Å². The van der Waals surface area contributed by atoms with Crippen LogP contribution in [0.1, 0.15) is 87.6 Å². The molecule has 2 N–H and O–H groups in total. The van der Waals surface area contributed by atoms with Crippen molar-refractivity contribution < 1.29 is 47.6 Å². The number of esters is 2. The zero-order valence-corrected chi connectivity index (χ0v) is 26.7. The Morgan fingerprint density at radius 2 is 1.29 bits per heavy atom. The predicted octanol–water partition coefficient (Wildman–Crippen LogP) is 5.98.